The van der Waals surface area contributed by atoms with Gasteiger partial charge in [0, 0.05) is 5.56 Å². The van der Waals surface area contributed by atoms with Crippen molar-refractivity contribution >= 4 is 6.29 Å². The lowest BCUT2D eigenvalue weighted by Crippen LogP contribution is -1.92. The number of halogens is 1. The zero-order chi connectivity index (χ0) is 12.4. The average molecular weight is 228 g/mol. The second-order valence-corrected chi connectivity index (χ2v) is 4.17. The van der Waals surface area contributed by atoms with Crippen molar-refractivity contribution in [1.29, 1.82) is 0 Å². The molecular weight excluding hydrogens is 215 g/mol. The molecule has 0 amide bonds. The van der Waals surface area contributed by atoms with Crippen molar-refractivity contribution in [3.63, 3.8) is 0 Å². The molecule has 0 aliphatic heterocycles. The summed E-state index contributed by atoms with van der Waals surface area (Å²) in [6.45, 7) is 3.96. The molecule has 0 unspecified atom stereocenters. The first-order chi connectivity index (χ1) is 8.11. The highest BCUT2D eigenvalue weighted by Gasteiger charge is 2.08. The van der Waals surface area contributed by atoms with E-state index in [-0.39, 0.29) is 5.82 Å². The van der Waals surface area contributed by atoms with E-state index in [0.717, 1.165) is 23.0 Å². The van der Waals surface area contributed by atoms with Gasteiger partial charge in [-0.1, -0.05) is 23.8 Å². The van der Waals surface area contributed by atoms with Crippen LogP contribution in [0.2, 0.25) is 0 Å². The summed E-state index contributed by atoms with van der Waals surface area (Å²) in [5, 5.41) is 0. The molecule has 0 saturated heterocycles. The maximum Gasteiger partial charge on any atom is 0.150 e. The first kappa shape index (κ1) is 11.5. The number of benzene rings is 2. The van der Waals surface area contributed by atoms with Crippen LogP contribution in [0.5, 0.6) is 0 Å². The van der Waals surface area contributed by atoms with E-state index in [4.69, 9.17) is 0 Å². The number of aldehydes is 1. The zero-order valence-corrected chi connectivity index (χ0v) is 9.83. The van der Waals surface area contributed by atoms with E-state index in [2.05, 4.69) is 0 Å². The van der Waals surface area contributed by atoms with Crippen LogP contribution in [0.25, 0.3) is 11.1 Å². The summed E-state index contributed by atoms with van der Waals surface area (Å²) in [6, 6.07) is 10.1. The predicted molar refractivity (Wildman–Crippen MR) is 66.7 cm³/mol. The van der Waals surface area contributed by atoms with E-state index in [1.165, 1.54) is 18.2 Å². The first-order valence-corrected chi connectivity index (χ1v) is 5.44. The second kappa shape index (κ2) is 4.50. The van der Waals surface area contributed by atoms with Gasteiger partial charge in [-0.2, -0.15) is 0 Å². The Morgan fingerprint density at radius 2 is 1.76 bits per heavy atom. The fraction of sp³-hybridized carbons (Fsp3) is 0.133. The Morgan fingerprint density at radius 3 is 2.41 bits per heavy atom. The summed E-state index contributed by atoms with van der Waals surface area (Å²) in [5.74, 6) is -0.328. The number of hydrogen-bond acceptors (Lipinski definition) is 1. The maximum atomic E-state index is 13.3. The molecule has 2 rings (SSSR count). The van der Waals surface area contributed by atoms with Crippen LogP contribution in [-0.4, -0.2) is 6.29 Å². The van der Waals surface area contributed by atoms with E-state index in [1.54, 1.807) is 0 Å². The SMILES string of the molecule is Cc1ccc(-c2cc(F)ccc2C=O)c(C)c1. The highest BCUT2D eigenvalue weighted by Crippen LogP contribution is 2.27. The van der Waals surface area contributed by atoms with E-state index < -0.39 is 0 Å². The third-order valence-corrected chi connectivity index (χ3v) is 2.81. The molecule has 0 saturated carbocycles. The lowest BCUT2D eigenvalue weighted by molar-refractivity contribution is 0.112. The van der Waals surface area contributed by atoms with Crippen molar-refractivity contribution in [3.05, 3.63) is 58.9 Å². The monoisotopic (exact) mass is 228 g/mol. The van der Waals surface area contributed by atoms with Gasteiger partial charge in [0.2, 0.25) is 0 Å². The molecular formula is C15H13FO. The van der Waals surface area contributed by atoms with Crippen LogP contribution in [-0.2, 0) is 0 Å². The number of hydrogen-bond donors (Lipinski definition) is 0. The maximum absolute atomic E-state index is 13.3. The van der Waals surface area contributed by atoms with Gasteiger partial charge in [0.1, 0.15) is 5.82 Å². The molecule has 0 bridgehead atoms. The Hall–Kier alpha value is -1.96. The molecule has 0 fully saturated rings. The quantitative estimate of drug-likeness (QED) is 0.712. The number of rotatable bonds is 2. The molecule has 86 valence electrons. The molecule has 0 aromatic heterocycles. The fourth-order valence-electron chi connectivity index (χ4n) is 1.98. The number of aryl methyl sites for hydroxylation is 2. The molecule has 2 heteroatoms. The minimum Gasteiger partial charge on any atom is -0.298 e. The number of carbonyl (C=O) groups is 1. The second-order valence-electron chi connectivity index (χ2n) is 4.17. The summed E-state index contributed by atoms with van der Waals surface area (Å²) >= 11 is 0. The molecule has 2 aromatic carbocycles. The van der Waals surface area contributed by atoms with Gasteiger partial charge < -0.3 is 0 Å². The van der Waals surface area contributed by atoms with Crippen LogP contribution in [0, 0.1) is 19.7 Å². The number of carbonyl (C=O) groups excluding carboxylic acids is 1. The van der Waals surface area contributed by atoms with Gasteiger partial charge in [0.05, 0.1) is 0 Å². The molecule has 1 nitrogen and oxygen atoms in total. The van der Waals surface area contributed by atoms with Crippen LogP contribution in [0.4, 0.5) is 4.39 Å². The Bertz CT molecular complexity index is 573. The zero-order valence-electron chi connectivity index (χ0n) is 9.83. The van der Waals surface area contributed by atoms with E-state index in [9.17, 15) is 9.18 Å². The van der Waals surface area contributed by atoms with Gasteiger partial charge in [0.15, 0.2) is 6.29 Å². The predicted octanol–water partition coefficient (Wildman–Crippen LogP) is 3.92. The molecule has 0 spiro atoms. The Morgan fingerprint density at radius 1 is 1.00 bits per heavy atom. The van der Waals surface area contributed by atoms with Gasteiger partial charge in [-0.25, -0.2) is 4.39 Å². The largest absolute Gasteiger partial charge is 0.298 e. The summed E-state index contributed by atoms with van der Waals surface area (Å²) in [6.07, 6.45) is 0.758. The third kappa shape index (κ3) is 2.26. The van der Waals surface area contributed by atoms with Crippen LogP contribution < -0.4 is 0 Å². The van der Waals surface area contributed by atoms with Crippen molar-refractivity contribution in [2.45, 2.75) is 13.8 Å². The topological polar surface area (TPSA) is 17.1 Å². The smallest absolute Gasteiger partial charge is 0.150 e. The Labute approximate surface area is 99.9 Å². The van der Waals surface area contributed by atoms with Crippen molar-refractivity contribution in [2.75, 3.05) is 0 Å². The van der Waals surface area contributed by atoms with Crippen LogP contribution >= 0.6 is 0 Å². The van der Waals surface area contributed by atoms with Gasteiger partial charge in [-0.3, -0.25) is 4.79 Å². The third-order valence-electron chi connectivity index (χ3n) is 2.81. The molecule has 0 N–H and O–H groups in total. The molecule has 0 atom stereocenters. The van der Waals surface area contributed by atoms with Gasteiger partial charge in [-0.05, 0) is 48.7 Å². The van der Waals surface area contributed by atoms with Gasteiger partial charge >= 0.3 is 0 Å². The van der Waals surface area contributed by atoms with Crippen LogP contribution in [0.3, 0.4) is 0 Å². The minimum atomic E-state index is -0.328. The van der Waals surface area contributed by atoms with Crippen LogP contribution in [0.1, 0.15) is 21.5 Å². The van der Waals surface area contributed by atoms with Gasteiger partial charge in [-0.15, -0.1) is 0 Å². The van der Waals surface area contributed by atoms with E-state index in [1.807, 2.05) is 32.0 Å². The standard InChI is InChI=1S/C15H13FO/c1-10-3-6-14(11(2)7-10)15-8-13(16)5-4-12(15)9-17/h3-9H,1-2H3. The van der Waals surface area contributed by atoms with Crippen LogP contribution in [0.15, 0.2) is 36.4 Å². The summed E-state index contributed by atoms with van der Waals surface area (Å²) < 4.78 is 13.3. The highest BCUT2D eigenvalue weighted by atomic mass is 19.1. The first-order valence-electron chi connectivity index (χ1n) is 5.44. The van der Waals surface area contributed by atoms with E-state index >= 15 is 0 Å². The molecule has 0 aliphatic carbocycles. The van der Waals surface area contributed by atoms with Gasteiger partial charge in [0.25, 0.3) is 0 Å². The minimum absolute atomic E-state index is 0.328. The summed E-state index contributed by atoms with van der Waals surface area (Å²) in [5.41, 5.74) is 4.25. The summed E-state index contributed by atoms with van der Waals surface area (Å²) in [4.78, 5) is 11.0. The lowest BCUT2D eigenvalue weighted by Gasteiger charge is -2.09. The molecule has 17 heavy (non-hydrogen) atoms. The Kier molecular flexibility index (Phi) is 3.05. The molecule has 0 radical (unpaired) electrons. The van der Waals surface area contributed by atoms with Crippen molar-refractivity contribution in [3.8, 4) is 11.1 Å². The Balaban J connectivity index is 2.66. The lowest BCUT2D eigenvalue weighted by atomic mass is 9.95. The van der Waals surface area contributed by atoms with E-state index in [0.29, 0.717) is 11.1 Å². The van der Waals surface area contributed by atoms with Crippen molar-refractivity contribution in [2.24, 2.45) is 0 Å². The average Bonchev–Trinajstić information content (AvgIpc) is 2.29. The molecule has 0 aliphatic rings. The fourth-order valence-corrected chi connectivity index (χ4v) is 1.98. The highest BCUT2D eigenvalue weighted by molar-refractivity contribution is 5.88. The normalized spacial score (nSPS) is 10.3. The molecule has 0 heterocycles. The summed E-state index contributed by atoms with van der Waals surface area (Å²) in [7, 11) is 0. The molecule has 2 aromatic rings. The van der Waals surface area contributed by atoms with Crippen molar-refractivity contribution in [1.82, 2.24) is 0 Å². The van der Waals surface area contributed by atoms with Crippen molar-refractivity contribution < 1.29 is 9.18 Å².